The zero-order valence-electron chi connectivity index (χ0n) is 11.7. The van der Waals surface area contributed by atoms with Gasteiger partial charge in [-0.3, -0.25) is 0 Å². The summed E-state index contributed by atoms with van der Waals surface area (Å²) in [5.41, 5.74) is 0. The summed E-state index contributed by atoms with van der Waals surface area (Å²) in [6, 6.07) is 4.26. The van der Waals surface area contributed by atoms with Gasteiger partial charge in [-0.1, -0.05) is 19.9 Å². The maximum atomic E-state index is 12.0. The highest BCUT2D eigenvalue weighted by molar-refractivity contribution is 7.87. The quantitative estimate of drug-likeness (QED) is 0.678. The van der Waals surface area contributed by atoms with E-state index in [9.17, 15) is 8.42 Å². The Morgan fingerprint density at radius 1 is 1.42 bits per heavy atom. The molecule has 19 heavy (non-hydrogen) atoms. The second kappa shape index (κ2) is 7.96. The van der Waals surface area contributed by atoms with E-state index in [0.29, 0.717) is 19.1 Å². The Bertz CT molecular complexity index is 444. The number of rotatable bonds is 9. The van der Waals surface area contributed by atoms with Crippen LogP contribution in [0.5, 0.6) is 0 Å². The molecule has 0 spiro atoms. The average Bonchev–Trinajstić information content (AvgIpc) is 2.84. The van der Waals surface area contributed by atoms with Gasteiger partial charge in [0.05, 0.1) is 0 Å². The molecule has 1 rings (SSSR count). The minimum atomic E-state index is -3.37. The molecule has 0 fully saturated rings. The van der Waals surface area contributed by atoms with Crippen LogP contribution < -0.4 is 10.0 Å². The first-order valence-electron chi connectivity index (χ1n) is 6.38. The molecule has 110 valence electrons. The van der Waals surface area contributed by atoms with Gasteiger partial charge in [0, 0.05) is 31.1 Å². The van der Waals surface area contributed by atoms with Crippen molar-refractivity contribution in [2.75, 3.05) is 20.1 Å². The van der Waals surface area contributed by atoms with E-state index in [4.69, 9.17) is 0 Å². The van der Waals surface area contributed by atoms with E-state index in [2.05, 4.69) is 23.9 Å². The predicted octanol–water partition coefficient (Wildman–Crippen LogP) is 1.40. The highest BCUT2D eigenvalue weighted by atomic mass is 32.2. The van der Waals surface area contributed by atoms with Crippen molar-refractivity contribution in [2.45, 2.75) is 32.9 Å². The molecule has 0 saturated heterocycles. The summed E-state index contributed by atoms with van der Waals surface area (Å²) in [5, 5.41) is 5.20. The molecule has 7 heteroatoms. The summed E-state index contributed by atoms with van der Waals surface area (Å²) in [5.74, 6) is 0. The molecule has 0 unspecified atom stereocenters. The summed E-state index contributed by atoms with van der Waals surface area (Å²) in [6.07, 6.45) is 0.800. The van der Waals surface area contributed by atoms with Gasteiger partial charge in [-0.25, -0.2) is 0 Å². The summed E-state index contributed by atoms with van der Waals surface area (Å²) >= 11 is 1.54. The van der Waals surface area contributed by atoms with Gasteiger partial charge < -0.3 is 5.32 Å². The minimum absolute atomic E-state index is 0.356. The van der Waals surface area contributed by atoms with E-state index in [1.165, 1.54) is 4.31 Å². The molecule has 0 bridgehead atoms. The number of nitrogens with zero attached hydrogens (tertiary/aromatic N) is 1. The smallest absolute Gasteiger partial charge is 0.279 e. The Hall–Kier alpha value is -0.470. The number of hydrogen-bond acceptors (Lipinski definition) is 4. The lowest BCUT2D eigenvalue weighted by molar-refractivity contribution is 0.439. The van der Waals surface area contributed by atoms with Crippen LogP contribution in [-0.2, 0) is 16.8 Å². The normalized spacial score (nSPS) is 12.5. The van der Waals surface area contributed by atoms with Crippen LogP contribution in [0.1, 0.15) is 25.1 Å². The molecular weight excluding hydrogens is 282 g/mol. The highest BCUT2D eigenvalue weighted by Crippen LogP contribution is 2.08. The summed E-state index contributed by atoms with van der Waals surface area (Å²) in [4.78, 5) is 1.01. The van der Waals surface area contributed by atoms with E-state index < -0.39 is 10.2 Å². The SMILES string of the molecule is CC(C)NCCCN(C)S(=O)(=O)NCc1cccs1. The zero-order valence-corrected chi connectivity index (χ0v) is 13.4. The van der Waals surface area contributed by atoms with Crippen molar-refractivity contribution >= 4 is 21.5 Å². The Morgan fingerprint density at radius 2 is 2.16 bits per heavy atom. The Balaban J connectivity index is 2.30. The molecule has 2 N–H and O–H groups in total. The first-order valence-corrected chi connectivity index (χ1v) is 8.70. The lowest BCUT2D eigenvalue weighted by atomic mass is 10.3. The third kappa shape index (κ3) is 6.49. The molecule has 0 aliphatic rings. The second-order valence-corrected chi connectivity index (χ2v) is 7.58. The second-order valence-electron chi connectivity index (χ2n) is 4.69. The van der Waals surface area contributed by atoms with Crippen LogP contribution in [0.25, 0.3) is 0 Å². The fraction of sp³-hybridized carbons (Fsp3) is 0.667. The van der Waals surface area contributed by atoms with Crippen molar-refractivity contribution in [2.24, 2.45) is 0 Å². The van der Waals surface area contributed by atoms with Crippen LogP contribution in [0.2, 0.25) is 0 Å². The van der Waals surface area contributed by atoms with Crippen LogP contribution in [-0.4, -0.2) is 38.9 Å². The van der Waals surface area contributed by atoms with Crippen molar-refractivity contribution in [1.29, 1.82) is 0 Å². The fourth-order valence-corrected chi connectivity index (χ4v) is 3.16. The topological polar surface area (TPSA) is 61.4 Å². The number of nitrogens with one attached hydrogen (secondary N) is 2. The van der Waals surface area contributed by atoms with Gasteiger partial charge in [0.15, 0.2) is 0 Å². The van der Waals surface area contributed by atoms with Gasteiger partial charge >= 0.3 is 0 Å². The molecule has 0 radical (unpaired) electrons. The van der Waals surface area contributed by atoms with Gasteiger partial charge in [0.2, 0.25) is 0 Å². The maximum Gasteiger partial charge on any atom is 0.279 e. The van der Waals surface area contributed by atoms with Crippen LogP contribution in [0, 0.1) is 0 Å². The zero-order chi connectivity index (χ0) is 14.3. The lowest BCUT2D eigenvalue weighted by Gasteiger charge is -2.18. The molecular formula is C12H23N3O2S2. The van der Waals surface area contributed by atoms with Crippen LogP contribution in [0.15, 0.2) is 17.5 Å². The van der Waals surface area contributed by atoms with Crippen LogP contribution >= 0.6 is 11.3 Å². The van der Waals surface area contributed by atoms with Crippen molar-refractivity contribution in [3.63, 3.8) is 0 Å². The first-order chi connectivity index (χ1) is 8.92. The van der Waals surface area contributed by atoms with Crippen LogP contribution in [0.3, 0.4) is 0 Å². The summed E-state index contributed by atoms with van der Waals surface area (Å²) < 4.78 is 27.9. The lowest BCUT2D eigenvalue weighted by Crippen LogP contribution is -2.39. The Labute approximate surface area is 120 Å². The molecule has 5 nitrogen and oxygen atoms in total. The van der Waals surface area contributed by atoms with E-state index in [-0.39, 0.29) is 0 Å². The first kappa shape index (κ1) is 16.6. The standard InChI is InChI=1S/C12H23N3O2S2/c1-11(2)13-7-5-8-15(3)19(16,17)14-10-12-6-4-9-18-12/h4,6,9,11,13-14H,5,7-8,10H2,1-3H3. The van der Waals surface area contributed by atoms with Crippen molar-refractivity contribution in [3.05, 3.63) is 22.4 Å². The Morgan fingerprint density at radius 3 is 2.74 bits per heavy atom. The monoisotopic (exact) mass is 305 g/mol. The third-order valence-corrected chi connectivity index (χ3v) is 5.01. The Kier molecular flexibility index (Phi) is 6.95. The minimum Gasteiger partial charge on any atom is -0.314 e. The summed E-state index contributed by atoms with van der Waals surface area (Å²) in [6.45, 7) is 5.84. The molecule has 0 aliphatic carbocycles. The molecule has 0 aromatic carbocycles. The third-order valence-electron chi connectivity index (χ3n) is 2.62. The van der Waals surface area contributed by atoms with E-state index in [1.54, 1.807) is 18.4 Å². The van der Waals surface area contributed by atoms with E-state index >= 15 is 0 Å². The van der Waals surface area contributed by atoms with Crippen molar-refractivity contribution < 1.29 is 8.42 Å². The molecule has 1 aromatic rings. The molecule has 0 amide bonds. The van der Waals surface area contributed by atoms with Crippen molar-refractivity contribution in [3.8, 4) is 0 Å². The van der Waals surface area contributed by atoms with Gasteiger partial charge in [-0.2, -0.15) is 17.4 Å². The van der Waals surface area contributed by atoms with Gasteiger partial charge in [0.25, 0.3) is 10.2 Å². The van der Waals surface area contributed by atoms with Crippen molar-refractivity contribution in [1.82, 2.24) is 14.3 Å². The molecule has 0 saturated carbocycles. The van der Waals surface area contributed by atoms with Gasteiger partial charge in [-0.15, -0.1) is 11.3 Å². The highest BCUT2D eigenvalue weighted by Gasteiger charge is 2.16. The maximum absolute atomic E-state index is 12.0. The van der Waals surface area contributed by atoms with E-state index in [0.717, 1.165) is 17.8 Å². The number of hydrogen-bond donors (Lipinski definition) is 2. The fourth-order valence-electron chi connectivity index (χ4n) is 1.50. The van der Waals surface area contributed by atoms with Gasteiger partial charge in [0.1, 0.15) is 0 Å². The molecule has 1 heterocycles. The predicted molar refractivity (Wildman–Crippen MR) is 80.5 cm³/mol. The average molecular weight is 305 g/mol. The summed E-state index contributed by atoms with van der Waals surface area (Å²) in [7, 11) is -1.77. The molecule has 0 aliphatic heterocycles. The molecule has 1 aromatic heterocycles. The molecule has 0 atom stereocenters. The van der Waals surface area contributed by atoms with Gasteiger partial charge in [-0.05, 0) is 24.4 Å². The number of thiophene rings is 1. The van der Waals surface area contributed by atoms with Crippen LogP contribution in [0.4, 0.5) is 0 Å². The largest absolute Gasteiger partial charge is 0.314 e. The van der Waals surface area contributed by atoms with E-state index in [1.807, 2.05) is 17.5 Å².